The van der Waals surface area contributed by atoms with E-state index in [1.54, 1.807) is 0 Å². The molecule has 1 aliphatic carbocycles. The number of unbranched alkanes of at least 4 members (excludes halogenated alkanes) is 1. The number of rotatable bonds is 7. The van der Waals surface area contributed by atoms with E-state index in [0.717, 1.165) is 44.9 Å². The SMILES string of the molecule is CC(=O)C(N)CCCCNC(=O)OC1CC/C=C/CCC1. The molecule has 2 unspecified atom stereocenters. The molecule has 120 valence electrons. The van der Waals surface area contributed by atoms with Crippen LogP contribution in [0.4, 0.5) is 4.79 Å². The van der Waals surface area contributed by atoms with Gasteiger partial charge in [-0.2, -0.15) is 0 Å². The maximum Gasteiger partial charge on any atom is 0.407 e. The Morgan fingerprint density at radius 3 is 2.81 bits per heavy atom. The first-order valence-electron chi connectivity index (χ1n) is 7.95. The van der Waals surface area contributed by atoms with Gasteiger partial charge in [0.2, 0.25) is 0 Å². The minimum absolute atomic E-state index is 0.0145. The summed E-state index contributed by atoms with van der Waals surface area (Å²) in [6.07, 6.45) is 11.3. The zero-order valence-corrected chi connectivity index (χ0v) is 13.0. The second-order valence-electron chi connectivity index (χ2n) is 5.65. The maximum absolute atomic E-state index is 11.7. The second-order valence-corrected chi connectivity index (χ2v) is 5.65. The first-order chi connectivity index (χ1) is 10.1. The molecule has 5 nitrogen and oxygen atoms in total. The molecule has 0 aromatic rings. The Morgan fingerprint density at radius 2 is 2.05 bits per heavy atom. The molecule has 0 spiro atoms. The van der Waals surface area contributed by atoms with Crippen LogP contribution in [0, 0.1) is 0 Å². The number of nitrogens with two attached hydrogens (primary N) is 1. The number of carbonyl (C=O) groups excluding carboxylic acids is 2. The van der Waals surface area contributed by atoms with Gasteiger partial charge in [-0.15, -0.1) is 0 Å². The van der Waals surface area contributed by atoms with E-state index in [2.05, 4.69) is 17.5 Å². The highest BCUT2D eigenvalue weighted by atomic mass is 16.6. The standard InChI is InChI=1S/C16H28N2O3/c1-13(19)15(17)11-7-8-12-18-16(20)21-14-9-5-3-2-4-6-10-14/h2-3,14-15H,4-12,17H2,1H3,(H,18,20)/b3-2+. The van der Waals surface area contributed by atoms with E-state index in [1.807, 2.05) is 0 Å². The van der Waals surface area contributed by atoms with Crippen LogP contribution in [0.15, 0.2) is 12.2 Å². The molecule has 0 saturated carbocycles. The molecule has 0 heterocycles. The Hall–Kier alpha value is -1.36. The van der Waals surface area contributed by atoms with E-state index in [4.69, 9.17) is 10.5 Å². The third-order valence-electron chi connectivity index (χ3n) is 3.73. The Balaban J connectivity index is 2.08. The molecule has 1 aliphatic rings. The van der Waals surface area contributed by atoms with E-state index in [0.29, 0.717) is 13.0 Å². The summed E-state index contributed by atoms with van der Waals surface area (Å²) in [6.45, 7) is 2.07. The van der Waals surface area contributed by atoms with Crippen LogP contribution >= 0.6 is 0 Å². The van der Waals surface area contributed by atoms with Crippen molar-refractivity contribution in [3.8, 4) is 0 Å². The first-order valence-corrected chi connectivity index (χ1v) is 7.95. The van der Waals surface area contributed by atoms with Gasteiger partial charge in [0.25, 0.3) is 0 Å². The number of alkyl carbamates (subject to hydrolysis) is 1. The lowest BCUT2D eigenvalue weighted by Gasteiger charge is -2.18. The predicted octanol–water partition coefficient (Wildman–Crippen LogP) is 2.69. The van der Waals surface area contributed by atoms with Crippen molar-refractivity contribution >= 4 is 11.9 Å². The average molecular weight is 296 g/mol. The Bertz CT molecular complexity index is 355. The van der Waals surface area contributed by atoms with Crippen molar-refractivity contribution in [2.75, 3.05) is 6.54 Å². The first kappa shape index (κ1) is 17.7. The zero-order chi connectivity index (χ0) is 15.5. The largest absolute Gasteiger partial charge is 0.446 e. The molecule has 0 radical (unpaired) electrons. The van der Waals surface area contributed by atoms with Crippen LogP contribution in [0.3, 0.4) is 0 Å². The van der Waals surface area contributed by atoms with Crippen molar-refractivity contribution < 1.29 is 14.3 Å². The average Bonchev–Trinajstić information content (AvgIpc) is 2.41. The molecular formula is C16H28N2O3. The molecule has 21 heavy (non-hydrogen) atoms. The second kappa shape index (κ2) is 10.4. The third-order valence-corrected chi connectivity index (χ3v) is 3.73. The molecule has 5 heteroatoms. The van der Waals surface area contributed by atoms with E-state index < -0.39 is 0 Å². The number of ether oxygens (including phenoxy) is 1. The van der Waals surface area contributed by atoms with Crippen molar-refractivity contribution in [1.82, 2.24) is 5.32 Å². The summed E-state index contributed by atoms with van der Waals surface area (Å²) in [5.74, 6) is 0.0145. The minimum Gasteiger partial charge on any atom is -0.446 e. The van der Waals surface area contributed by atoms with Gasteiger partial charge in [-0.1, -0.05) is 12.2 Å². The van der Waals surface area contributed by atoms with Crippen LogP contribution in [0.5, 0.6) is 0 Å². The summed E-state index contributed by atoms with van der Waals surface area (Å²) >= 11 is 0. The van der Waals surface area contributed by atoms with Crippen molar-refractivity contribution in [2.45, 2.75) is 70.4 Å². The summed E-state index contributed by atoms with van der Waals surface area (Å²) in [7, 11) is 0. The number of amides is 1. The molecule has 2 atom stereocenters. The van der Waals surface area contributed by atoms with Gasteiger partial charge >= 0.3 is 6.09 Å². The quantitative estimate of drug-likeness (QED) is 0.559. The monoisotopic (exact) mass is 296 g/mol. The summed E-state index contributed by atoms with van der Waals surface area (Å²) in [5.41, 5.74) is 5.64. The van der Waals surface area contributed by atoms with Gasteiger partial charge in [0.1, 0.15) is 11.9 Å². The van der Waals surface area contributed by atoms with Crippen molar-refractivity contribution in [1.29, 1.82) is 0 Å². The van der Waals surface area contributed by atoms with Gasteiger partial charge in [-0.05, 0) is 58.3 Å². The number of allylic oxidation sites excluding steroid dienone is 2. The summed E-state index contributed by atoms with van der Waals surface area (Å²) in [5, 5.41) is 2.76. The normalized spacial score (nSPS) is 21.7. The Morgan fingerprint density at radius 1 is 1.29 bits per heavy atom. The van der Waals surface area contributed by atoms with Gasteiger partial charge in [-0.3, -0.25) is 4.79 Å². The summed E-state index contributed by atoms with van der Waals surface area (Å²) in [6, 6.07) is -0.375. The predicted molar refractivity (Wildman–Crippen MR) is 83.0 cm³/mol. The highest BCUT2D eigenvalue weighted by Gasteiger charge is 2.14. The van der Waals surface area contributed by atoms with Crippen LogP contribution in [0.1, 0.15) is 58.3 Å². The van der Waals surface area contributed by atoms with E-state index >= 15 is 0 Å². The molecule has 0 aromatic heterocycles. The molecule has 0 fully saturated rings. The van der Waals surface area contributed by atoms with Crippen LogP contribution in [0.2, 0.25) is 0 Å². The molecule has 1 rings (SSSR count). The number of Topliss-reactive ketones (excluding diaryl/α,β-unsaturated/α-hetero) is 1. The number of hydrogen-bond acceptors (Lipinski definition) is 4. The van der Waals surface area contributed by atoms with Crippen LogP contribution in [-0.4, -0.2) is 30.6 Å². The highest BCUT2D eigenvalue weighted by Crippen LogP contribution is 2.15. The van der Waals surface area contributed by atoms with Gasteiger partial charge in [-0.25, -0.2) is 4.79 Å². The fraction of sp³-hybridized carbons (Fsp3) is 0.750. The topological polar surface area (TPSA) is 81.4 Å². The van der Waals surface area contributed by atoms with Crippen LogP contribution < -0.4 is 11.1 Å². The van der Waals surface area contributed by atoms with Crippen molar-refractivity contribution in [2.24, 2.45) is 5.73 Å². The Kier molecular flexibility index (Phi) is 8.74. The Labute approximate surface area is 127 Å². The van der Waals surface area contributed by atoms with Gasteiger partial charge in [0.15, 0.2) is 0 Å². The number of hydrogen-bond donors (Lipinski definition) is 2. The molecule has 0 bridgehead atoms. The van der Waals surface area contributed by atoms with Gasteiger partial charge in [0.05, 0.1) is 6.04 Å². The molecule has 0 aromatic carbocycles. The lowest BCUT2D eigenvalue weighted by molar-refractivity contribution is -0.118. The van der Waals surface area contributed by atoms with Crippen LogP contribution in [-0.2, 0) is 9.53 Å². The summed E-state index contributed by atoms with van der Waals surface area (Å²) < 4.78 is 5.43. The lowest BCUT2D eigenvalue weighted by Crippen LogP contribution is -2.31. The fourth-order valence-corrected chi connectivity index (χ4v) is 2.32. The van der Waals surface area contributed by atoms with Gasteiger partial charge in [0, 0.05) is 6.54 Å². The lowest BCUT2D eigenvalue weighted by atomic mass is 10.0. The molecule has 1 amide bonds. The maximum atomic E-state index is 11.7. The minimum atomic E-state index is -0.375. The molecular weight excluding hydrogens is 268 g/mol. The van der Waals surface area contributed by atoms with Crippen molar-refractivity contribution in [3.05, 3.63) is 12.2 Å². The smallest absolute Gasteiger partial charge is 0.407 e. The van der Waals surface area contributed by atoms with Crippen LogP contribution in [0.25, 0.3) is 0 Å². The molecule has 3 N–H and O–H groups in total. The van der Waals surface area contributed by atoms with Gasteiger partial charge < -0.3 is 15.8 Å². The number of ketones is 1. The van der Waals surface area contributed by atoms with E-state index in [1.165, 1.54) is 6.92 Å². The molecule has 0 aliphatic heterocycles. The number of nitrogens with one attached hydrogen (secondary N) is 1. The highest BCUT2D eigenvalue weighted by molar-refractivity contribution is 5.81. The summed E-state index contributed by atoms with van der Waals surface area (Å²) in [4.78, 5) is 22.7. The van der Waals surface area contributed by atoms with E-state index in [9.17, 15) is 9.59 Å². The fourth-order valence-electron chi connectivity index (χ4n) is 2.32. The third kappa shape index (κ3) is 8.50. The molecule has 0 saturated heterocycles. The zero-order valence-electron chi connectivity index (χ0n) is 13.0. The van der Waals surface area contributed by atoms with E-state index in [-0.39, 0.29) is 24.0 Å². The van der Waals surface area contributed by atoms with Crippen molar-refractivity contribution in [3.63, 3.8) is 0 Å². The number of carbonyl (C=O) groups is 2.